The quantitative estimate of drug-likeness (QED) is 0.735. The van der Waals surface area contributed by atoms with Crippen LogP contribution in [0.2, 0.25) is 0 Å². The van der Waals surface area contributed by atoms with Crippen LogP contribution >= 0.6 is 11.8 Å². The van der Waals surface area contributed by atoms with Gasteiger partial charge in [-0.3, -0.25) is 9.69 Å². The smallest absolute Gasteiger partial charge is 0.221 e. The zero-order valence-electron chi connectivity index (χ0n) is 13.4. The normalized spacial score (nSPS) is 26.5. The molecular weight excluding hydrogens is 284 g/mol. The van der Waals surface area contributed by atoms with Gasteiger partial charge in [0.2, 0.25) is 5.91 Å². The molecule has 0 saturated carbocycles. The molecule has 2 atom stereocenters. The maximum atomic E-state index is 12.0. The summed E-state index contributed by atoms with van der Waals surface area (Å²) in [6.45, 7) is 11.9. The fourth-order valence-corrected chi connectivity index (χ4v) is 3.91. The number of hydrogen-bond donors (Lipinski definition) is 2. The topological polar surface area (TPSA) is 47.6 Å². The molecule has 2 unspecified atom stereocenters. The second kappa shape index (κ2) is 8.98. The first-order valence-corrected chi connectivity index (χ1v) is 9.38. The predicted octanol–water partition coefficient (Wildman–Crippen LogP) is 0.224. The van der Waals surface area contributed by atoms with E-state index in [2.05, 4.69) is 34.3 Å². The van der Waals surface area contributed by atoms with Gasteiger partial charge in [0.1, 0.15) is 0 Å². The van der Waals surface area contributed by atoms with Crippen molar-refractivity contribution < 1.29 is 4.79 Å². The largest absolute Gasteiger partial charge is 0.354 e. The SMILES string of the molecule is CCN1CCN(C(C)CNC(=O)CC2CSCCN2)CC1. The van der Waals surface area contributed by atoms with Crippen molar-refractivity contribution in [3.05, 3.63) is 0 Å². The van der Waals surface area contributed by atoms with Gasteiger partial charge in [0.25, 0.3) is 0 Å². The van der Waals surface area contributed by atoms with E-state index in [0.717, 1.165) is 51.6 Å². The van der Waals surface area contributed by atoms with Crippen LogP contribution in [0.5, 0.6) is 0 Å². The van der Waals surface area contributed by atoms with Gasteiger partial charge in [-0.2, -0.15) is 11.8 Å². The van der Waals surface area contributed by atoms with Crippen LogP contribution in [0.4, 0.5) is 0 Å². The molecule has 1 amide bonds. The van der Waals surface area contributed by atoms with Crippen molar-refractivity contribution in [3.8, 4) is 0 Å². The number of amides is 1. The zero-order chi connectivity index (χ0) is 15.1. The third kappa shape index (κ3) is 5.77. The van der Waals surface area contributed by atoms with Crippen molar-refractivity contribution in [1.82, 2.24) is 20.4 Å². The first-order valence-electron chi connectivity index (χ1n) is 8.23. The van der Waals surface area contributed by atoms with E-state index in [1.165, 1.54) is 5.75 Å². The van der Waals surface area contributed by atoms with Crippen LogP contribution in [0.3, 0.4) is 0 Å². The highest BCUT2D eigenvalue weighted by atomic mass is 32.2. The minimum Gasteiger partial charge on any atom is -0.354 e. The van der Waals surface area contributed by atoms with E-state index in [9.17, 15) is 4.79 Å². The van der Waals surface area contributed by atoms with Crippen molar-refractivity contribution in [2.24, 2.45) is 0 Å². The lowest BCUT2D eigenvalue weighted by molar-refractivity contribution is -0.121. The summed E-state index contributed by atoms with van der Waals surface area (Å²) < 4.78 is 0. The minimum atomic E-state index is 0.189. The molecule has 2 heterocycles. The number of rotatable bonds is 6. The molecule has 122 valence electrons. The third-order valence-electron chi connectivity index (χ3n) is 4.50. The Kier molecular flexibility index (Phi) is 7.29. The van der Waals surface area contributed by atoms with Crippen molar-refractivity contribution in [3.63, 3.8) is 0 Å². The van der Waals surface area contributed by atoms with E-state index in [1.54, 1.807) is 0 Å². The molecule has 0 bridgehead atoms. The first-order chi connectivity index (χ1) is 10.2. The third-order valence-corrected chi connectivity index (χ3v) is 5.63. The van der Waals surface area contributed by atoms with Gasteiger partial charge in [0, 0.05) is 69.3 Å². The molecule has 2 N–H and O–H groups in total. The van der Waals surface area contributed by atoms with E-state index in [4.69, 9.17) is 0 Å². The maximum Gasteiger partial charge on any atom is 0.221 e. The average molecular weight is 314 g/mol. The summed E-state index contributed by atoms with van der Waals surface area (Å²) in [6, 6.07) is 0.786. The lowest BCUT2D eigenvalue weighted by Gasteiger charge is -2.37. The van der Waals surface area contributed by atoms with Crippen molar-refractivity contribution in [2.75, 3.05) is 57.3 Å². The van der Waals surface area contributed by atoms with Crippen LogP contribution in [0.15, 0.2) is 0 Å². The van der Waals surface area contributed by atoms with Gasteiger partial charge in [-0.1, -0.05) is 6.92 Å². The van der Waals surface area contributed by atoms with E-state index in [-0.39, 0.29) is 5.91 Å². The van der Waals surface area contributed by atoms with Crippen LogP contribution < -0.4 is 10.6 Å². The molecule has 0 spiro atoms. The summed E-state index contributed by atoms with van der Waals surface area (Å²) in [5.74, 6) is 2.41. The summed E-state index contributed by atoms with van der Waals surface area (Å²) in [7, 11) is 0. The van der Waals surface area contributed by atoms with Crippen molar-refractivity contribution in [1.29, 1.82) is 0 Å². The van der Waals surface area contributed by atoms with E-state index < -0.39 is 0 Å². The molecule has 6 heteroatoms. The summed E-state index contributed by atoms with van der Waals surface area (Å²) in [4.78, 5) is 17.0. The van der Waals surface area contributed by atoms with Gasteiger partial charge < -0.3 is 15.5 Å². The molecule has 2 saturated heterocycles. The summed E-state index contributed by atoms with van der Waals surface area (Å²) >= 11 is 1.94. The van der Waals surface area contributed by atoms with Crippen molar-refractivity contribution in [2.45, 2.75) is 32.4 Å². The average Bonchev–Trinajstić information content (AvgIpc) is 2.53. The summed E-state index contributed by atoms with van der Waals surface area (Å²) in [6.07, 6.45) is 0.614. The Balaban J connectivity index is 1.61. The Labute approximate surface area is 133 Å². The second-order valence-electron chi connectivity index (χ2n) is 6.05. The van der Waals surface area contributed by atoms with Gasteiger partial charge in [0.05, 0.1) is 0 Å². The highest BCUT2D eigenvalue weighted by Crippen LogP contribution is 2.10. The molecule has 0 radical (unpaired) electrons. The monoisotopic (exact) mass is 314 g/mol. The molecule has 0 aliphatic carbocycles. The second-order valence-corrected chi connectivity index (χ2v) is 7.20. The lowest BCUT2D eigenvalue weighted by atomic mass is 10.2. The molecule has 2 fully saturated rings. The number of piperazine rings is 1. The van der Waals surface area contributed by atoms with Crippen LogP contribution in [0.1, 0.15) is 20.3 Å². The number of likely N-dealkylation sites (N-methyl/N-ethyl adjacent to an activating group) is 1. The highest BCUT2D eigenvalue weighted by Gasteiger charge is 2.21. The number of carbonyl (C=O) groups is 1. The molecule has 0 aromatic rings. The van der Waals surface area contributed by atoms with Crippen molar-refractivity contribution >= 4 is 17.7 Å². The predicted molar refractivity (Wildman–Crippen MR) is 89.9 cm³/mol. The number of nitrogens with zero attached hydrogens (tertiary/aromatic N) is 2. The maximum absolute atomic E-state index is 12.0. The molecule has 5 nitrogen and oxygen atoms in total. The lowest BCUT2D eigenvalue weighted by Crippen LogP contribution is -2.52. The fourth-order valence-electron chi connectivity index (χ4n) is 2.96. The zero-order valence-corrected chi connectivity index (χ0v) is 14.3. The number of hydrogen-bond acceptors (Lipinski definition) is 5. The minimum absolute atomic E-state index is 0.189. The highest BCUT2D eigenvalue weighted by molar-refractivity contribution is 7.99. The van der Waals surface area contributed by atoms with Crippen LogP contribution in [0.25, 0.3) is 0 Å². The van der Waals surface area contributed by atoms with E-state index in [1.807, 2.05) is 11.8 Å². The Morgan fingerprint density at radius 1 is 1.38 bits per heavy atom. The van der Waals surface area contributed by atoms with E-state index >= 15 is 0 Å². The molecular formula is C15H30N4OS. The number of carbonyl (C=O) groups excluding carboxylic acids is 1. The van der Waals surface area contributed by atoms with Crippen LogP contribution in [-0.4, -0.2) is 85.1 Å². The fraction of sp³-hybridized carbons (Fsp3) is 0.933. The van der Waals surface area contributed by atoms with Gasteiger partial charge in [-0.15, -0.1) is 0 Å². The Morgan fingerprint density at radius 3 is 2.76 bits per heavy atom. The van der Waals surface area contributed by atoms with Gasteiger partial charge >= 0.3 is 0 Å². The molecule has 0 aromatic heterocycles. The summed E-state index contributed by atoms with van der Waals surface area (Å²) in [5.41, 5.74) is 0. The standard InChI is InChI=1S/C15H30N4OS/c1-3-18-5-7-19(8-6-18)13(2)11-17-15(20)10-14-12-21-9-4-16-14/h13-14,16H,3-12H2,1-2H3,(H,17,20). The van der Waals surface area contributed by atoms with Gasteiger partial charge in [0.15, 0.2) is 0 Å². The Bertz CT molecular complexity index is 315. The number of thioether (sulfide) groups is 1. The Hall–Kier alpha value is -0.300. The number of nitrogens with one attached hydrogen (secondary N) is 2. The molecule has 2 rings (SSSR count). The first kappa shape index (κ1) is 17.1. The van der Waals surface area contributed by atoms with Gasteiger partial charge in [-0.25, -0.2) is 0 Å². The van der Waals surface area contributed by atoms with E-state index in [0.29, 0.717) is 18.5 Å². The Morgan fingerprint density at radius 2 is 2.14 bits per heavy atom. The molecule has 0 aromatic carbocycles. The molecule has 21 heavy (non-hydrogen) atoms. The van der Waals surface area contributed by atoms with Crippen LogP contribution in [-0.2, 0) is 4.79 Å². The summed E-state index contributed by atoms with van der Waals surface area (Å²) in [5, 5.41) is 6.52. The molecule has 2 aliphatic rings. The molecule has 2 aliphatic heterocycles. The van der Waals surface area contributed by atoms with Crippen LogP contribution in [0, 0.1) is 0 Å². The van der Waals surface area contributed by atoms with Gasteiger partial charge in [-0.05, 0) is 13.5 Å².